The molecule has 3 heterocycles. The van der Waals surface area contributed by atoms with E-state index >= 15 is 0 Å². The fraction of sp³-hybridized carbons (Fsp3) is 0.214. The molecule has 3 aromatic rings. The highest BCUT2D eigenvalue weighted by Gasteiger charge is 2.36. The summed E-state index contributed by atoms with van der Waals surface area (Å²) in [6.07, 6.45) is -3.95. The lowest BCUT2D eigenvalue weighted by Gasteiger charge is -2.09. The number of alkyl halides is 3. The Kier molecular flexibility index (Phi) is 5.23. The number of aromatic nitrogens is 5. The van der Waals surface area contributed by atoms with Crippen molar-refractivity contribution in [2.75, 3.05) is 6.61 Å². The molecule has 0 fully saturated rings. The maximum absolute atomic E-state index is 12.9. The summed E-state index contributed by atoms with van der Waals surface area (Å²) in [5, 5.41) is 8.37. The Labute approximate surface area is 153 Å². The van der Waals surface area contributed by atoms with Crippen molar-refractivity contribution in [1.29, 1.82) is 0 Å². The molecule has 136 valence electrons. The van der Waals surface area contributed by atoms with E-state index in [1.165, 1.54) is 11.3 Å². The summed E-state index contributed by atoms with van der Waals surface area (Å²) >= 11 is 2.14. The van der Waals surface area contributed by atoms with Crippen molar-refractivity contribution >= 4 is 29.1 Å². The predicted octanol–water partition coefficient (Wildman–Crippen LogP) is 3.67. The zero-order valence-electron chi connectivity index (χ0n) is 13.1. The molecule has 0 amide bonds. The van der Waals surface area contributed by atoms with E-state index in [2.05, 4.69) is 25.1 Å². The molecule has 1 N–H and O–H groups in total. The van der Waals surface area contributed by atoms with Crippen LogP contribution in [0.1, 0.15) is 23.1 Å². The molecule has 0 unspecified atom stereocenters. The van der Waals surface area contributed by atoms with Crippen LogP contribution in [0.15, 0.2) is 33.9 Å². The standard InChI is InChI=1S/C14H10F3N5O2S2/c1-2-24-11(23)7-6-18-12(14(15,16)17)20-10(7)26-13-19-9(21-22-13)8-4-3-5-25-8/h3-6H,2H2,1H3,(H,19,21,22). The SMILES string of the molecule is CCOC(=O)c1cnc(C(F)(F)F)nc1Sc1n[nH]c(-c2cccs2)n1. The topological polar surface area (TPSA) is 93.6 Å². The van der Waals surface area contributed by atoms with Crippen molar-refractivity contribution < 1.29 is 22.7 Å². The highest BCUT2D eigenvalue weighted by Crippen LogP contribution is 2.32. The molecule has 0 atom stereocenters. The van der Waals surface area contributed by atoms with Gasteiger partial charge in [-0.25, -0.2) is 19.7 Å². The Balaban J connectivity index is 1.95. The minimum Gasteiger partial charge on any atom is -0.462 e. The first-order valence-corrected chi connectivity index (χ1v) is 8.83. The molecule has 0 saturated carbocycles. The second-order valence-corrected chi connectivity index (χ2v) is 6.58. The zero-order valence-corrected chi connectivity index (χ0v) is 14.7. The van der Waals surface area contributed by atoms with Gasteiger partial charge in [-0.1, -0.05) is 6.07 Å². The Morgan fingerprint density at radius 1 is 1.38 bits per heavy atom. The third kappa shape index (κ3) is 4.02. The summed E-state index contributed by atoms with van der Waals surface area (Å²) in [6.45, 7) is 1.64. The lowest BCUT2D eigenvalue weighted by molar-refractivity contribution is -0.145. The van der Waals surface area contributed by atoms with Crippen LogP contribution >= 0.6 is 23.1 Å². The van der Waals surface area contributed by atoms with Crippen LogP contribution in [0.25, 0.3) is 10.7 Å². The first-order chi connectivity index (χ1) is 12.4. The van der Waals surface area contributed by atoms with Gasteiger partial charge in [0.15, 0.2) is 5.82 Å². The molecular weight excluding hydrogens is 391 g/mol. The molecule has 0 radical (unpaired) electrons. The lowest BCUT2D eigenvalue weighted by Crippen LogP contribution is -2.15. The fourth-order valence-corrected chi connectivity index (χ4v) is 3.27. The normalized spacial score (nSPS) is 11.5. The number of aromatic amines is 1. The second-order valence-electron chi connectivity index (χ2n) is 4.68. The highest BCUT2D eigenvalue weighted by molar-refractivity contribution is 7.99. The summed E-state index contributed by atoms with van der Waals surface area (Å²) in [4.78, 5) is 23.6. The van der Waals surface area contributed by atoms with E-state index in [4.69, 9.17) is 4.74 Å². The average Bonchev–Trinajstić information content (AvgIpc) is 3.25. The summed E-state index contributed by atoms with van der Waals surface area (Å²) < 4.78 is 43.5. The van der Waals surface area contributed by atoms with Crippen molar-refractivity contribution in [2.45, 2.75) is 23.3 Å². The summed E-state index contributed by atoms with van der Waals surface area (Å²) in [6, 6.07) is 3.64. The second kappa shape index (κ2) is 7.41. The first kappa shape index (κ1) is 18.3. The van der Waals surface area contributed by atoms with Gasteiger partial charge in [0.25, 0.3) is 0 Å². The summed E-state index contributed by atoms with van der Waals surface area (Å²) in [7, 11) is 0. The largest absolute Gasteiger partial charge is 0.462 e. The number of hydrogen-bond donors (Lipinski definition) is 1. The Hall–Kier alpha value is -2.47. The van der Waals surface area contributed by atoms with Crippen LogP contribution < -0.4 is 0 Å². The smallest absolute Gasteiger partial charge is 0.451 e. The molecule has 0 saturated heterocycles. The van der Waals surface area contributed by atoms with Crippen LogP contribution in [0.5, 0.6) is 0 Å². The van der Waals surface area contributed by atoms with Crippen molar-refractivity contribution in [2.24, 2.45) is 0 Å². The van der Waals surface area contributed by atoms with Gasteiger partial charge in [0.2, 0.25) is 11.0 Å². The van der Waals surface area contributed by atoms with Crippen LogP contribution in [0.2, 0.25) is 0 Å². The minimum atomic E-state index is -4.75. The molecule has 0 spiro atoms. The van der Waals surface area contributed by atoms with Gasteiger partial charge in [0.1, 0.15) is 10.6 Å². The number of thiophene rings is 1. The Morgan fingerprint density at radius 3 is 2.85 bits per heavy atom. The Bertz CT molecular complexity index is 912. The molecule has 0 bridgehead atoms. The molecule has 0 aliphatic rings. The number of H-pyrrole nitrogens is 1. The summed E-state index contributed by atoms with van der Waals surface area (Å²) in [5.74, 6) is -1.72. The number of esters is 1. The molecular formula is C14H10F3N5O2S2. The van der Waals surface area contributed by atoms with E-state index in [1.807, 2.05) is 17.5 Å². The maximum Gasteiger partial charge on any atom is 0.451 e. The number of carbonyl (C=O) groups is 1. The van der Waals surface area contributed by atoms with Gasteiger partial charge >= 0.3 is 12.1 Å². The van der Waals surface area contributed by atoms with E-state index in [0.29, 0.717) is 17.6 Å². The summed E-state index contributed by atoms with van der Waals surface area (Å²) in [5.41, 5.74) is -0.188. The zero-order chi connectivity index (χ0) is 18.7. The number of halogens is 3. The molecule has 3 rings (SSSR count). The van der Waals surface area contributed by atoms with E-state index < -0.39 is 18.0 Å². The van der Waals surface area contributed by atoms with Crippen molar-refractivity contribution in [3.63, 3.8) is 0 Å². The number of nitrogens with zero attached hydrogens (tertiary/aromatic N) is 4. The predicted molar refractivity (Wildman–Crippen MR) is 86.8 cm³/mol. The average molecular weight is 401 g/mol. The number of nitrogens with one attached hydrogen (secondary N) is 1. The lowest BCUT2D eigenvalue weighted by atomic mass is 10.3. The Morgan fingerprint density at radius 2 is 2.19 bits per heavy atom. The molecule has 0 aliphatic carbocycles. The molecule has 12 heteroatoms. The van der Waals surface area contributed by atoms with Crippen LogP contribution in [0, 0.1) is 0 Å². The van der Waals surface area contributed by atoms with Crippen LogP contribution in [0.3, 0.4) is 0 Å². The van der Waals surface area contributed by atoms with E-state index in [-0.39, 0.29) is 22.4 Å². The first-order valence-electron chi connectivity index (χ1n) is 7.14. The number of carbonyl (C=O) groups excluding carboxylic acids is 1. The quantitative estimate of drug-likeness (QED) is 0.515. The van der Waals surface area contributed by atoms with Crippen LogP contribution in [-0.2, 0) is 10.9 Å². The highest BCUT2D eigenvalue weighted by atomic mass is 32.2. The third-order valence-electron chi connectivity index (χ3n) is 2.91. The van der Waals surface area contributed by atoms with Crippen molar-refractivity contribution in [3.05, 3.63) is 35.1 Å². The van der Waals surface area contributed by atoms with Gasteiger partial charge < -0.3 is 4.74 Å². The monoisotopic (exact) mass is 401 g/mol. The van der Waals surface area contributed by atoms with E-state index in [0.717, 1.165) is 11.1 Å². The minimum absolute atomic E-state index is 0.0626. The number of ether oxygens (including phenoxy) is 1. The van der Waals surface area contributed by atoms with Gasteiger partial charge in [-0.15, -0.1) is 16.4 Å². The van der Waals surface area contributed by atoms with Crippen molar-refractivity contribution in [3.8, 4) is 10.7 Å². The maximum atomic E-state index is 12.9. The fourth-order valence-electron chi connectivity index (χ4n) is 1.83. The van der Waals surface area contributed by atoms with Gasteiger partial charge in [-0.05, 0) is 30.1 Å². The molecule has 3 aromatic heterocycles. The molecule has 0 aliphatic heterocycles. The number of rotatable bonds is 5. The van der Waals surface area contributed by atoms with Gasteiger partial charge in [-0.2, -0.15) is 13.2 Å². The van der Waals surface area contributed by atoms with Gasteiger partial charge in [0, 0.05) is 6.20 Å². The van der Waals surface area contributed by atoms with Gasteiger partial charge in [-0.3, -0.25) is 5.10 Å². The van der Waals surface area contributed by atoms with E-state index in [1.54, 1.807) is 6.92 Å². The third-order valence-corrected chi connectivity index (χ3v) is 4.66. The van der Waals surface area contributed by atoms with E-state index in [9.17, 15) is 18.0 Å². The molecule has 7 nitrogen and oxygen atoms in total. The van der Waals surface area contributed by atoms with Gasteiger partial charge in [0.05, 0.1) is 11.5 Å². The number of hydrogen-bond acceptors (Lipinski definition) is 8. The molecule has 26 heavy (non-hydrogen) atoms. The van der Waals surface area contributed by atoms with Crippen LogP contribution in [-0.4, -0.2) is 37.7 Å². The van der Waals surface area contributed by atoms with Crippen LogP contribution in [0.4, 0.5) is 13.2 Å². The van der Waals surface area contributed by atoms with Crippen molar-refractivity contribution in [1.82, 2.24) is 25.1 Å². The molecule has 0 aromatic carbocycles.